The maximum Gasteiger partial charge on any atom is 0.0801 e. The van der Waals surface area contributed by atoms with Gasteiger partial charge in [-0.1, -0.05) is 23.7 Å². The Kier molecular flexibility index (Phi) is 5.88. The second-order valence-electron chi connectivity index (χ2n) is 5.95. The number of halogens is 1. The number of nitrogens with zero attached hydrogens (tertiary/aromatic N) is 1. The third-order valence-corrected chi connectivity index (χ3v) is 3.92. The van der Waals surface area contributed by atoms with Crippen LogP contribution in [0.1, 0.15) is 19.4 Å². The summed E-state index contributed by atoms with van der Waals surface area (Å²) in [5.41, 5.74) is 2.20. The molecule has 0 radical (unpaired) electrons. The molecule has 0 amide bonds. The summed E-state index contributed by atoms with van der Waals surface area (Å²) in [6.07, 6.45) is 0. The molecule has 0 atom stereocenters. The van der Waals surface area contributed by atoms with E-state index in [4.69, 9.17) is 21.1 Å². The normalized spacial score (nSPS) is 18.0. The Morgan fingerprint density at radius 3 is 2.95 bits per heavy atom. The van der Waals surface area contributed by atoms with Gasteiger partial charge in [0, 0.05) is 33.3 Å². The Morgan fingerprint density at radius 1 is 1.43 bits per heavy atom. The molecule has 0 bridgehead atoms. The van der Waals surface area contributed by atoms with Gasteiger partial charge in [0.05, 0.1) is 29.5 Å². The average Bonchev–Trinajstić information content (AvgIpc) is 2.42. The number of methoxy groups -OCH3 is 1. The first kappa shape index (κ1) is 16.6. The highest BCUT2D eigenvalue weighted by molar-refractivity contribution is 6.33. The van der Waals surface area contributed by atoms with Crippen molar-refractivity contribution in [3.8, 4) is 0 Å². The number of para-hydroxylation sites is 1. The van der Waals surface area contributed by atoms with E-state index in [1.807, 2.05) is 12.1 Å². The van der Waals surface area contributed by atoms with Crippen molar-refractivity contribution in [1.82, 2.24) is 5.32 Å². The highest BCUT2D eigenvalue weighted by Crippen LogP contribution is 2.33. The SMILES string of the molecule is COCCNCc1cccc(Cl)c1N1CCOC(C)(C)C1. The van der Waals surface area contributed by atoms with Crippen molar-refractivity contribution in [2.45, 2.75) is 26.0 Å². The minimum absolute atomic E-state index is 0.141. The van der Waals surface area contributed by atoms with Crippen molar-refractivity contribution in [1.29, 1.82) is 0 Å². The summed E-state index contributed by atoms with van der Waals surface area (Å²) >= 11 is 6.46. The Balaban J connectivity index is 2.13. The molecule has 5 heteroatoms. The summed E-state index contributed by atoms with van der Waals surface area (Å²) in [5, 5.41) is 4.19. The van der Waals surface area contributed by atoms with Gasteiger partial charge in [-0.2, -0.15) is 0 Å². The first-order chi connectivity index (χ1) is 10.0. The molecular weight excluding hydrogens is 288 g/mol. The van der Waals surface area contributed by atoms with Crippen LogP contribution in [0.5, 0.6) is 0 Å². The number of hydrogen-bond acceptors (Lipinski definition) is 4. The van der Waals surface area contributed by atoms with Gasteiger partial charge in [-0.3, -0.25) is 0 Å². The predicted octanol–water partition coefficient (Wildman–Crippen LogP) is 2.69. The maximum absolute atomic E-state index is 6.46. The maximum atomic E-state index is 6.46. The van der Waals surface area contributed by atoms with Gasteiger partial charge < -0.3 is 19.7 Å². The summed E-state index contributed by atoms with van der Waals surface area (Å²) < 4.78 is 10.9. The fourth-order valence-corrected chi connectivity index (χ4v) is 2.98. The lowest BCUT2D eigenvalue weighted by Gasteiger charge is -2.40. The van der Waals surface area contributed by atoms with Crippen LogP contribution < -0.4 is 10.2 Å². The van der Waals surface area contributed by atoms with Crippen LogP contribution in [-0.4, -0.2) is 45.6 Å². The molecule has 21 heavy (non-hydrogen) atoms. The third-order valence-electron chi connectivity index (χ3n) is 3.61. The molecule has 1 aliphatic heterocycles. The number of anilines is 1. The number of benzene rings is 1. The van der Waals surface area contributed by atoms with Crippen LogP contribution in [0.25, 0.3) is 0 Å². The lowest BCUT2D eigenvalue weighted by atomic mass is 10.0. The summed E-state index contributed by atoms with van der Waals surface area (Å²) in [6, 6.07) is 6.09. The van der Waals surface area contributed by atoms with E-state index in [1.54, 1.807) is 7.11 Å². The zero-order valence-corrected chi connectivity index (χ0v) is 13.9. The van der Waals surface area contributed by atoms with Crippen LogP contribution >= 0.6 is 11.6 Å². The number of rotatable bonds is 6. The Labute approximate surface area is 132 Å². The van der Waals surface area contributed by atoms with Gasteiger partial charge in [0.2, 0.25) is 0 Å². The molecule has 0 spiro atoms. The monoisotopic (exact) mass is 312 g/mol. The van der Waals surface area contributed by atoms with Crippen molar-refractivity contribution >= 4 is 17.3 Å². The molecule has 0 unspecified atom stereocenters. The molecule has 1 fully saturated rings. The number of hydrogen-bond donors (Lipinski definition) is 1. The van der Waals surface area contributed by atoms with Crippen molar-refractivity contribution < 1.29 is 9.47 Å². The zero-order chi connectivity index (χ0) is 15.3. The quantitative estimate of drug-likeness (QED) is 0.819. The van der Waals surface area contributed by atoms with E-state index in [-0.39, 0.29) is 5.60 Å². The van der Waals surface area contributed by atoms with E-state index in [0.717, 1.165) is 43.5 Å². The fraction of sp³-hybridized carbons (Fsp3) is 0.625. The van der Waals surface area contributed by atoms with Gasteiger partial charge in [-0.25, -0.2) is 0 Å². The molecule has 1 aromatic rings. The van der Waals surface area contributed by atoms with Crippen LogP contribution in [0, 0.1) is 0 Å². The molecular formula is C16H25ClN2O2. The van der Waals surface area contributed by atoms with Gasteiger partial charge in [-0.15, -0.1) is 0 Å². The number of morpholine rings is 1. The molecule has 0 saturated carbocycles. The van der Waals surface area contributed by atoms with Crippen LogP contribution in [0.15, 0.2) is 18.2 Å². The van der Waals surface area contributed by atoms with E-state index in [1.165, 1.54) is 5.56 Å². The summed E-state index contributed by atoms with van der Waals surface area (Å²) in [7, 11) is 1.71. The Hall–Kier alpha value is -0.810. The molecule has 2 rings (SSSR count). The van der Waals surface area contributed by atoms with E-state index in [0.29, 0.717) is 6.61 Å². The average molecular weight is 313 g/mol. The standard InChI is InChI=1S/C16H25ClN2O2/c1-16(2)12-19(8-10-21-16)15-13(5-4-6-14(15)17)11-18-7-9-20-3/h4-6,18H,7-12H2,1-3H3. The molecule has 0 aliphatic carbocycles. The van der Waals surface area contributed by atoms with Crippen LogP contribution in [0.3, 0.4) is 0 Å². The van der Waals surface area contributed by atoms with Crippen LogP contribution in [-0.2, 0) is 16.0 Å². The summed E-state index contributed by atoms with van der Waals surface area (Å²) in [5.74, 6) is 0. The number of ether oxygens (including phenoxy) is 2. The first-order valence-electron chi connectivity index (χ1n) is 7.39. The smallest absolute Gasteiger partial charge is 0.0801 e. The summed E-state index contributed by atoms with van der Waals surface area (Å²) in [4.78, 5) is 2.33. The molecule has 1 saturated heterocycles. The van der Waals surface area contributed by atoms with Gasteiger partial charge in [-0.05, 0) is 25.5 Å². The van der Waals surface area contributed by atoms with Gasteiger partial charge in [0.25, 0.3) is 0 Å². The van der Waals surface area contributed by atoms with Crippen molar-refractivity contribution in [3.05, 3.63) is 28.8 Å². The second-order valence-corrected chi connectivity index (χ2v) is 6.35. The second kappa shape index (κ2) is 7.45. The minimum atomic E-state index is -0.141. The summed E-state index contributed by atoms with van der Waals surface area (Å²) in [6.45, 7) is 9.02. The molecule has 1 aromatic carbocycles. The zero-order valence-electron chi connectivity index (χ0n) is 13.1. The van der Waals surface area contributed by atoms with Crippen LogP contribution in [0.4, 0.5) is 5.69 Å². The molecule has 4 nitrogen and oxygen atoms in total. The lowest BCUT2D eigenvalue weighted by molar-refractivity contribution is -0.0277. The molecule has 1 aliphatic rings. The Morgan fingerprint density at radius 2 is 2.24 bits per heavy atom. The molecule has 1 N–H and O–H groups in total. The van der Waals surface area contributed by atoms with Crippen molar-refractivity contribution in [2.75, 3.05) is 44.9 Å². The molecule has 1 heterocycles. The van der Waals surface area contributed by atoms with Crippen LogP contribution in [0.2, 0.25) is 5.02 Å². The Bertz CT molecular complexity index is 466. The fourth-order valence-electron chi connectivity index (χ4n) is 2.66. The largest absolute Gasteiger partial charge is 0.383 e. The molecule has 0 aromatic heterocycles. The van der Waals surface area contributed by atoms with E-state index in [2.05, 4.69) is 30.1 Å². The van der Waals surface area contributed by atoms with Gasteiger partial charge in [0.1, 0.15) is 0 Å². The van der Waals surface area contributed by atoms with E-state index >= 15 is 0 Å². The van der Waals surface area contributed by atoms with Gasteiger partial charge in [0.15, 0.2) is 0 Å². The highest BCUT2D eigenvalue weighted by atomic mass is 35.5. The van der Waals surface area contributed by atoms with E-state index < -0.39 is 0 Å². The third kappa shape index (κ3) is 4.58. The predicted molar refractivity (Wildman–Crippen MR) is 87.3 cm³/mol. The van der Waals surface area contributed by atoms with Crippen molar-refractivity contribution in [2.24, 2.45) is 0 Å². The van der Waals surface area contributed by atoms with E-state index in [9.17, 15) is 0 Å². The lowest BCUT2D eigenvalue weighted by Crippen LogP contribution is -2.48. The topological polar surface area (TPSA) is 33.7 Å². The van der Waals surface area contributed by atoms with Crippen molar-refractivity contribution in [3.63, 3.8) is 0 Å². The van der Waals surface area contributed by atoms with Gasteiger partial charge >= 0.3 is 0 Å². The minimum Gasteiger partial charge on any atom is -0.383 e. The molecule has 118 valence electrons. The number of nitrogens with one attached hydrogen (secondary N) is 1. The first-order valence-corrected chi connectivity index (χ1v) is 7.77. The highest BCUT2D eigenvalue weighted by Gasteiger charge is 2.29.